The maximum atomic E-state index is 13.1. The van der Waals surface area contributed by atoms with Gasteiger partial charge < -0.3 is 5.32 Å². The van der Waals surface area contributed by atoms with Crippen molar-refractivity contribution in [2.24, 2.45) is 0 Å². The highest BCUT2D eigenvalue weighted by Gasteiger charge is 2.14. The summed E-state index contributed by atoms with van der Waals surface area (Å²) in [5, 5.41) is 2.49. The molecule has 110 valence electrons. The number of rotatable bonds is 3. The molecule has 2 rings (SSSR count). The van der Waals surface area contributed by atoms with E-state index >= 15 is 0 Å². The monoisotopic (exact) mass is 297 g/mol. The van der Waals surface area contributed by atoms with Crippen LogP contribution in [0.2, 0.25) is 0 Å². The Morgan fingerprint density at radius 2 is 1.48 bits per heavy atom. The molecule has 0 bridgehead atoms. The molecule has 1 amide bonds. The molecule has 1 atom stereocenters. The maximum absolute atomic E-state index is 13.1. The largest absolute Gasteiger partial charge is 0.346 e. The van der Waals surface area contributed by atoms with Gasteiger partial charge in [-0.25, -0.2) is 17.6 Å². The van der Waals surface area contributed by atoms with Crippen LogP contribution in [0.15, 0.2) is 36.4 Å². The SMILES string of the molecule is CC(NC(=O)c1ccc(F)c(F)c1)c1ccc(F)c(F)c1. The quantitative estimate of drug-likeness (QED) is 0.859. The van der Waals surface area contributed by atoms with Crippen LogP contribution >= 0.6 is 0 Å². The Kier molecular flexibility index (Phi) is 4.26. The Bertz CT molecular complexity index is 687. The standard InChI is InChI=1S/C15H11F4NO/c1-8(9-2-4-11(16)13(18)6-9)20-15(21)10-3-5-12(17)14(19)7-10/h2-8H,1H3,(H,20,21). The topological polar surface area (TPSA) is 29.1 Å². The van der Waals surface area contributed by atoms with Crippen molar-refractivity contribution in [3.63, 3.8) is 0 Å². The van der Waals surface area contributed by atoms with Crippen molar-refractivity contribution in [1.82, 2.24) is 5.32 Å². The molecule has 0 aliphatic rings. The molecule has 0 spiro atoms. The first kappa shape index (κ1) is 15.0. The lowest BCUT2D eigenvalue weighted by molar-refractivity contribution is 0.0939. The van der Waals surface area contributed by atoms with E-state index in [4.69, 9.17) is 0 Å². The average Bonchev–Trinajstić information content (AvgIpc) is 2.44. The third-order valence-corrected chi connectivity index (χ3v) is 2.97. The van der Waals surface area contributed by atoms with E-state index in [1.54, 1.807) is 6.92 Å². The van der Waals surface area contributed by atoms with Gasteiger partial charge in [0.25, 0.3) is 5.91 Å². The number of carbonyl (C=O) groups is 1. The van der Waals surface area contributed by atoms with Gasteiger partial charge in [-0.3, -0.25) is 4.79 Å². The predicted molar refractivity (Wildman–Crippen MR) is 68.6 cm³/mol. The van der Waals surface area contributed by atoms with Gasteiger partial charge in [-0.2, -0.15) is 0 Å². The fourth-order valence-corrected chi connectivity index (χ4v) is 1.78. The number of hydrogen-bond acceptors (Lipinski definition) is 1. The molecule has 6 heteroatoms. The number of halogens is 4. The van der Waals surface area contributed by atoms with Crippen molar-refractivity contribution in [3.05, 3.63) is 70.8 Å². The lowest BCUT2D eigenvalue weighted by Gasteiger charge is -2.14. The molecule has 0 radical (unpaired) electrons. The van der Waals surface area contributed by atoms with Crippen molar-refractivity contribution in [3.8, 4) is 0 Å². The molecule has 21 heavy (non-hydrogen) atoms. The lowest BCUT2D eigenvalue weighted by Crippen LogP contribution is -2.26. The van der Waals surface area contributed by atoms with E-state index in [1.807, 2.05) is 0 Å². The highest BCUT2D eigenvalue weighted by atomic mass is 19.2. The summed E-state index contributed by atoms with van der Waals surface area (Å²) in [5.74, 6) is -4.85. The van der Waals surface area contributed by atoms with Crippen LogP contribution in [0.3, 0.4) is 0 Å². The fraction of sp³-hybridized carbons (Fsp3) is 0.133. The minimum Gasteiger partial charge on any atom is -0.346 e. The van der Waals surface area contributed by atoms with Crippen LogP contribution in [0.4, 0.5) is 17.6 Å². The van der Waals surface area contributed by atoms with E-state index in [0.717, 1.165) is 30.3 Å². The zero-order valence-electron chi connectivity index (χ0n) is 11.0. The van der Waals surface area contributed by atoms with Gasteiger partial charge in [0.05, 0.1) is 6.04 Å². The summed E-state index contributed by atoms with van der Waals surface area (Å²) in [6, 6.07) is 5.35. The number of amides is 1. The Morgan fingerprint density at radius 3 is 2.05 bits per heavy atom. The summed E-state index contributed by atoms with van der Waals surface area (Å²) in [4.78, 5) is 11.9. The van der Waals surface area contributed by atoms with Gasteiger partial charge in [0.15, 0.2) is 23.3 Å². The molecule has 0 saturated heterocycles. The molecule has 0 fully saturated rings. The smallest absolute Gasteiger partial charge is 0.251 e. The molecular weight excluding hydrogens is 286 g/mol. The number of hydrogen-bond donors (Lipinski definition) is 1. The Balaban J connectivity index is 2.14. The second kappa shape index (κ2) is 5.95. The summed E-state index contributed by atoms with van der Waals surface area (Å²) in [6.45, 7) is 1.56. The molecule has 0 saturated carbocycles. The summed E-state index contributed by atoms with van der Waals surface area (Å²) >= 11 is 0. The van der Waals surface area contributed by atoms with Crippen LogP contribution in [0, 0.1) is 23.3 Å². The van der Waals surface area contributed by atoms with Crippen molar-refractivity contribution in [2.75, 3.05) is 0 Å². The van der Waals surface area contributed by atoms with E-state index < -0.39 is 35.2 Å². The second-order valence-electron chi connectivity index (χ2n) is 4.50. The first-order valence-electron chi connectivity index (χ1n) is 6.09. The van der Waals surface area contributed by atoms with Crippen molar-refractivity contribution < 1.29 is 22.4 Å². The van der Waals surface area contributed by atoms with Crippen molar-refractivity contribution >= 4 is 5.91 Å². The highest BCUT2D eigenvalue weighted by Crippen LogP contribution is 2.17. The molecule has 0 heterocycles. The zero-order chi connectivity index (χ0) is 15.6. The van der Waals surface area contributed by atoms with E-state index in [1.165, 1.54) is 6.07 Å². The first-order chi connectivity index (χ1) is 9.88. The Morgan fingerprint density at radius 1 is 0.905 bits per heavy atom. The Labute approximate surface area is 118 Å². The van der Waals surface area contributed by atoms with Gasteiger partial charge >= 0.3 is 0 Å². The molecule has 2 aromatic carbocycles. The molecule has 0 aromatic heterocycles. The van der Waals surface area contributed by atoms with Crippen LogP contribution in [0.5, 0.6) is 0 Å². The second-order valence-corrected chi connectivity index (χ2v) is 4.50. The highest BCUT2D eigenvalue weighted by molar-refractivity contribution is 5.94. The van der Waals surface area contributed by atoms with Gasteiger partial charge in [0.1, 0.15) is 0 Å². The van der Waals surface area contributed by atoms with E-state index in [0.29, 0.717) is 5.56 Å². The van der Waals surface area contributed by atoms with Gasteiger partial charge in [-0.1, -0.05) is 6.07 Å². The maximum Gasteiger partial charge on any atom is 0.251 e. The molecule has 1 unspecified atom stereocenters. The van der Waals surface area contributed by atoms with Gasteiger partial charge in [0, 0.05) is 5.56 Å². The van der Waals surface area contributed by atoms with Crippen LogP contribution in [0.1, 0.15) is 28.9 Å². The molecule has 1 N–H and O–H groups in total. The summed E-state index contributed by atoms with van der Waals surface area (Å²) in [7, 11) is 0. The number of nitrogens with one attached hydrogen (secondary N) is 1. The molecule has 2 nitrogen and oxygen atoms in total. The third-order valence-electron chi connectivity index (χ3n) is 2.97. The summed E-state index contributed by atoms with van der Waals surface area (Å²) in [5.41, 5.74) is 0.285. The Hall–Kier alpha value is -2.37. The van der Waals surface area contributed by atoms with Crippen molar-refractivity contribution in [2.45, 2.75) is 13.0 Å². The zero-order valence-corrected chi connectivity index (χ0v) is 11.0. The number of benzene rings is 2. The van der Waals surface area contributed by atoms with Gasteiger partial charge in [-0.15, -0.1) is 0 Å². The lowest BCUT2D eigenvalue weighted by atomic mass is 10.1. The minimum absolute atomic E-state index is 0.0664. The molecule has 0 aliphatic carbocycles. The predicted octanol–water partition coefficient (Wildman–Crippen LogP) is 3.73. The van der Waals surface area contributed by atoms with Crippen LogP contribution in [-0.4, -0.2) is 5.91 Å². The minimum atomic E-state index is -1.14. The molecule has 0 aliphatic heterocycles. The number of carbonyl (C=O) groups excluding carboxylic acids is 1. The summed E-state index contributed by atoms with van der Waals surface area (Å²) < 4.78 is 51.8. The van der Waals surface area contributed by atoms with Gasteiger partial charge in [-0.05, 0) is 42.8 Å². The van der Waals surface area contributed by atoms with Crippen LogP contribution < -0.4 is 5.32 Å². The van der Waals surface area contributed by atoms with E-state index in [-0.39, 0.29) is 5.56 Å². The molecule has 2 aromatic rings. The van der Waals surface area contributed by atoms with Gasteiger partial charge in [0.2, 0.25) is 0 Å². The average molecular weight is 297 g/mol. The normalized spacial score (nSPS) is 12.0. The first-order valence-corrected chi connectivity index (χ1v) is 6.09. The van der Waals surface area contributed by atoms with E-state index in [2.05, 4.69) is 5.32 Å². The third kappa shape index (κ3) is 3.39. The van der Waals surface area contributed by atoms with Crippen molar-refractivity contribution in [1.29, 1.82) is 0 Å². The van der Waals surface area contributed by atoms with Crippen LogP contribution in [0.25, 0.3) is 0 Å². The summed E-state index contributed by atoms with van der Waals surface area (Å²) in [6.07, 6.45) is 0. The fourth-order valence-electron chi connectivity index (χ4n) is 1.78. The van der Waals surface area contributed by atoms with E-state index in [9.17, 15) is 22.4 Å². The van der Waals surface area contributed by atoms with Crippen LogP contribution in [-0.2, 0) is 0 Å². The molecular formula is C15H11F4NO.